The summed E-state index contributed by atoms with van der Waals surface area (Å²) >= 11 is 0. The number of imidazole rings is 1. The number of aliphatic carboxylic acids is 1. The molecule has 14 heteroatoms. The molecule has 0 fully saturated rings. The van der Waals surface area contributed by atoms with Gasteiger partial charge in [-0.1, -0.05) is 84.0 Å². The molecule has 0 bridgehead atoms. The zero-order valence-corrected chi connectivity index (χ0v) is 29.8. The number of rotatable bonds is 30. The lowest BCUT2D eigenvalue weighted by molar-refractivity contribution is -0.138. The zero-order chi connectivity index (χ0) is 36.3. The number of carboxylic acids is 1. The highest BCUT2D eigenvalue weighted by Gasteiger charge is 2.30. The number of carbonyl (C=O) groups excluding carboxylic acids is 4. The summed E-state index contributed by atoms with van der Waals surface area (Å²) in [7, 11) is 1.48. The first-order chi connectivity index (χ1) is 23.6. The van der Waals surface area contributed by atoms with E-state index in [9.17, 15) is 29.1 Å². The van der Waals surface area contributed by atoms with Gasteiger partial charge in [0.05, 0.1) is 18.3 Å². The van der Waals surface area contributed by atoms with Gasteiger partial charge in [0.15, 0.2) is 11.7 Å². The largest absolute Gasteiger partial charge is 0.481 e. The normalized spacial score (nSPS) is 12.8. The van der Waals surface area contributed by atoms with Crippen molar-refractivity contribution in [1.82, 2.24) is 25.9 Å². The molecule has 0 aliphatic carbocycles. The van der Waals surface area contributed by atoms with Crippen LogP contribution in [-0.2, 0) is 30.4 Å². The average molecular weight is 691 g/mol. The third-order valence-electron chi connectivity index (χ3n) is 8.54. The topological polar surface area (TPSA) is 235 Å². The van der Waals surface area contributed by atoms with Crippen molar-refractivity contribution >= 4 is 35.4 Å². The van der Waals surface area contributed by atoms with Crippen LogP contribution in [0.4, 0.5) is 0 Å². The molecule has 0 saturated heterocycles. The number of carbonyl (C=O) groups is 5. The molecule has 0 aliphatic heterocycles. The molecule has 0 aliphatic rings. The van der Waals surface area contributed by atoms with Crippen LogP contribution in [0.15, 0.2) is 17.5 Å². The van der Waals surface area contributed by atoms with Gasteiger partial charge in [-0.25, -0.2) is 4.98 Å². The highest BCUT2D eigenvalue weighted by molar-refractivity contribution is 5.94. The van der Waals surface area contributed by atoms with Crippen molar-refractivity contribution in [2.45, 2.75) is 147 Å². The van der Waals surface area contributed by atoms with Crippen molar-refractivity contribution in [3.63, 3.8) is 0 Å². The monoisotopic (exact) mass is 690 g/mol. The fourth-order valence-corrected chi connectivity index (χ4v) is 5.70. The molecule has 0 unspecified atom stereocenters. The molecule has 1 rings (SSSR count). The summed E-state index contributed by atoms with van der Waals surface area (Å²) in [5.41, 5.74) is 11.5. The van der Waals surface area contributed by atoms with E-state index in [4.69, 9.17) is 11.5 Å². The van der Waals surface area contributed by atoms with Gasteiger partial charge >= 0.3 is 5.97 Å². The van der Waals surface area contributed by atoms with Crippen LogP contribution in [-0.4, -0.2) is 76.2 Å². The summed E-state index contributed by atoms with van der Waals surface area (Å²) in [6.45, 7) is 2.44. The molecule has 3 atom stereocenters. The van der Waals surface area contributed by atoms with Crippen molar-refractivity contribution in [2.75, 3.05) is 13.6 Å². The number of amides is 3. The Balaban J connectivity index is 2.72. The van der Waals surface area contributed by atoms with Crippen molar-refractivity contribution in [3.8, 4) is 0 Å². The number of guanidine groups is 1. The van der Waals surface area contributed by atoms with Crippen LogP contribution in [0.25, 0.3) is 0 Å². The third kappa shape index (κ3) is 21.6. The Morgan fingerprint density at radius 3 is 1.96 bits per heavy atom. The number of aromatic amines is 1. The lowest BCUT2D eigenvalue weighted by Crippen LogP contribution is -2.52. The maximum atomic E-state index is 13.5. The van der Waals surface area contributed by atoms with E-state index in [1.54, 1.807) is 6.20 Å². The summed E-state index contributed by atoms with van der Waals surface area (Å²) in [5, 5.41) is 17.3. The van der Waals surface area contributed by atoms with Crippen LogP contribution in [0.5, 0.6) is 0 Å². The number of hydrogen-bond donors (Lipinski definition) is 7. The highest BCUT2D eigenvalue weighted by Crippen LogP contribution is 2.16. The number of ketones is 1. The third-order valence-corrected chi connectivity index (χ3v) is 8.54. The first-order valence-electron chi connectivity index (χ1n) is 18.2. The predicted octanol–water partition coefficient (Wildman–Crippen LogP) is 3.64. The van der Waals surface area contributed by atoms with Crippen molar-refractivity contribution in [2.24, 2.45) is 22.4 Å². The minimum atomic E-state index is -1.14. The van der Waals surface area contributed by atoms with Crippen molar-refractivity contribution in [3.05, 3.63) is 18.2 Å². The number of Topliss-reactive ketones (excluding diaryl/α,β-unsaturated/α-hetero) is 1. The molecule has 14 nitrogen and oxygen atoms in total. The molecule has 0 spiro atoms. The number of unbranched alkanes of at least 4 members (excludes halogenated alkanes) is 12. The van der Waals surface area contributed by atoms with Gasteiger partial charge in [0.1, 0.15) is 6.04 Å². The van der Waals surface area contributed by atoms with Crippen molar-refractivity contribution < 1.29 is 29.1 Å². The minimum absolute atomic E-state index is 0.105. The maximum Gasteiger partial charge on any atom is 0.303 e. The van der Waals surface area contributed by atoms with Crippen LogP contribution in [0.1, 0.15) is 135 Å². The van der Waals surface area contributed by atoms with Crippen LogP contribution in [0.2, 0.25) is 0 Å². The Labute approximate surface area is 291 Å². The van der Waals surface area contributed by atoms with Gasteiger partial charge in [0.25, 0.3) is 0 Å². The number of carboxylic acid groups (broad SMARTS) is 1. The molecule has 1 aromatic rings. The van der Waals surface area contributed by atoms with Crippen LogP contribution < -0.4 is 27.4 Å². The fourth-order valence-electron chi connectivity index (χ4n) is 5.70. The van der Waals surface area contributed by atoms with E-state index in [0.717, 1.165) is 19.3 Å². The second-order valence-corrected chi connectivity index (χ2v) is 12.8. The van der Waals surface area contributed by atoms with Gasteiger partial charge in [-0.15, -0.1) is 0 Å². The molecule has 49 heavy (non-hydrogen) atoms. The Kier molecular flexibility index (Phi) is 23.7. The van der Waals surface area contributed by atoms with E-state index >= 15 is 0 Å². The Morgan fingerprint density at radius 1 is 0.816 bits per heavy atom. The molecular formula is C35H62N8O6. The number of hydrogen-bond acceptors (Lipinski definition) is 7. The number of aromatic nitrogens is 2. The Bertz CT molecular complexity index is 1120. The van der Waals surface area contributed by atoms with Gasteiger partial charge in [0, 0.05) is 51.2 Å². The summed E-state index contributed by atoms with van der Waals surface area (Å²) in [4.78, 5) is 74.6. The molecule has 0 saturated carbocycles. The summed E-state index contributed by atoms with van der Waals surface area (Å²) < 4.78 is 0. The van der Waals surface area contributed by atoms with E-state index in [0.29, 0.717) is 18.5 Å². The lowest BCUT2D eigenvalue weighted by Gasteiger charge is -2.24. The first kappa shape index (κ1) is 43.1. The molecule has 1 aromatic heterocycles. The van der Waals surface area contributed by atoms with Gasteiger partial charge in [-0.2, -0.15) is 0 Å². The van der Waals surface area contributed by atoms with Crippen LogP contribution in [0, 0.1) is 5.92 Å². The van der Waals surface area contributed by atoms with Gasteiger partial charge < -0.3 is 37.5 Å². The fraction of sp³-hybridized carbons (Fsp3) is 0.743. The SMILES string of the molecule is CCCCCCCCCCCCCCCC(=O)N[C@@H](CCC(=O)O)C(=O)N[C@@H](CCCN=C(N)N)C(=O)C[C@@H](Cc1cnc[nH]1)C(=O)NC. The van der Waals surface area contributed by atoms with Crippen molar-refractivity contribution in [1.29, 1.82) is 0 Å². The van der Waals surface area contributed by atoms with E-state index < -0.39 is 29.9 Å². The number of nitrogens with two attached hydrogens (primary N) is 2. The second-order valence-electron chi connectivity index (χ2n) is 12.8. The van der Waals surface area contributed by atoms with Crippen LogP contribution in [0.3, 0.4) is 0 Å². The average Bonchev–Trinajstić information content (AvgIpc) is 3.58. The van der Waals surface area contributed by atoms with Gasteiger partial charge in [-0.3, -0.25) is 29.0 Å². The standard InChI is InChI=1S/C35H62N8O6/c1-3-4-5-6-7-8-9-10-11-12-13-14-15-18-31(45)42-29(19-20-32(46)47)34(49)43-28(17-16-21-40-35(36)37)30(44)23-26(33(48)38-2)22-27-24-39-25-41-27/h24-26,28-29H,3-23H2,1-2H3,(H,38,48)(H,39,41)(H,42,45)(H,43,49)(H,46,47)(H4,36,37,40)/t26-,28+,29+/m1/s1. The number of aliphatic imine (C=N–C) groups is 1. The summed E-state index contributed by atoms with van der Waals surface area (Å²) in [5.74, 6) is -3.67. The minimum Gasteiger partial charge on any atom is -0.481 e. The number of H-pyrrole nitrogens is 1. The maximum absolute atomic E-state index is 13.5. The summed E-state index contributed by atoms with van der Waals surface area (Å²) in [6, 6.07) is -2.15. The second kappa shape index (κ2) is 26.9. The predicted molar refractivity (Wildman–Crippen MR) is 190 cm³/mol. The molecule has 3 amide bonds. The van der Waals surface area contributed by atoms with E-state index in [2.05, 4.69) is 37.8 Å². The molecular weight excluding hydrogens is 628 g/mol. The highest BCUT2D eigenvalue weighted by atomic mass is 16.4. The first-order valence-corrected chi connectivity index (χ1v) is 18.2. The lowest BCUT2D eigenvalue weighted by atomic mass is 9.91. The van der Waals surface area contributed by atoms with Crippen LogP contribution >= 0.6 is 0 Å². The number of nitrogens with zero attached hydrogens (tertiary/aromatic N) is 2. The Morgan fingerprint density at radius 2 is 1.43 bits per heavy atom. The Hall–Kier alpha value is -3.97. The zero-order valence-electron chi connectivity index (χ0n) is 29.8. The van der Waals surface area contributed by atoms with Gasteiger partial charge in [0.2, 0.25) is 17.7 Å². The van der Waals surface area contributed by atoms with E-state index in [-0.39, 0.29) is 68.6 Å². The molecule has 0 aromatic carbocycles. The molecule has 1 heterocycles. The van der Waals surface area contributed by atoms with E-state index in [1.165, 1.54) is 71.2 Å². The van der Waals surface area contributed by atoms with E-state index in [1.807, 2.05) is 0 Å². The quantitative estimate of drug-likeness (QED) is 0.0354. The number of nitrogens with one attached hydrogen (secondary N) is 4. The molecule has 0 radical (unpaired) electrons. The molecule has 278 valence electrons. The molecule has 9 N–H and O–H groups in total. The smallest absolute Gasteiger partial charge is 0.303 e. The summed E-state index contributed by atoms with van der Waals surface area (Å²) in [6.07, 6.45) is 18.7. The van der Waals surface area contributed by atoms with Gasteiger partial charge in [-0.05, 0) is 25.7 Å².